The topological polar surface area (TPSA) is 41.3 Å². The summed E-state index contributed by atoms with van der Waals surface area (Å²) in [7, 11) is 0. The predicted molar refractivity (Wildman–Crippen MR) is 61.7 cm³/mol. The summed E-state index contributed by atoms with van der Waals surface area (Å²) in [6.45, 7) is 3.08. The summed E-state index contributed by atoms with van der Waals surface area (Å²) in [4.78, 5) is 2.41. The maximum Gasteiger partial charge on any atom is 0.0245 e. The van der Waals surface area contributed by atoms with Gasteiger partial charge in [-0.2, -0.15) is 0 Å². The van der Waals surface area contributed by atoms with E-state index in [-0.39, 0.29) is 0 Å². The van der Waals surface area contributed by atoms with E-state index >= 15 is 0 Å². The Hall–Kier alpha value is -1.32. The van der Waals surface area contributed by atoms with E-state index in [9.17, 15) is 0 Å². The van der Waals surface area contributed by atoms with Crippen LogP contribution in [0.15, 0.2) is 42.1 Å². The second-order valence-electron chi connectivity index (χ2n) is 3.84. The molecule has 1 aromatic carbocycles. The number of hydrogen-bond acceptors (Lipinski definition) is 3. The van der Waals surface area contributed by atoms with Crippen LogP contribution in [0, 0.1) is 0 Å². The average molecular weight is 203 g/mol. The van der Waals surface area contributed by atoms with Gasteiger partial charge in [-0.25, -0.2) is 0 Å². The zero-order chi connectivity index (χ0) is 10.5. The minimum Gasteiger partial charge on any atom is -0.328 e. The van der Waals surface area contributed by atoms with Crippen molar-refractivity contribution >= 4 is 0 Å². The summed E-state index contributed by atoms with van der Waals surface area (Å²) in [6, 6.07) is 10.6. The molecule has 0 atom stereocenters. The molecule has 0 aliphatic carbocycles. The van der Waals surface area contributed by atoms with Crippen molar-refractivity contribution in [2.75, 3.05) is 13.1 Å². The Balaban J connectivity index is 1.90. The molecule has 3 heteroatoms. The van der Waals surface area contributed by atoms with Crippen molar-refractivity contribution in [3.05, 3.63) is 47.7 Å². The van der Waals surface area contributed by atoms with Gasteiger partial charge in [0.2, 0.25) is 0 Å². The first kappa shape index (κ1) is 10.2. The van der Waals surface area contributed by atoms with Gasteiger partial charge in [-0.05, 0) is 5.56 Å². The van der Waals surface area contributed by atoms with Gasteiger partial charge in [0.15, 0.2) is 0 Å². The summed E-state index contributed by atoms with van der Waals surface area (Å²) in [5.41, 5.74) is 5.25. The Bertz CT molecular complexity index is 332. The second-order valence-corrected chi connectivity index (χ2v) is 3.84. The molecular formula is C12H17N3. The van der Waals surface area contributed by atoms with Gasteiger partial charge in [-0.3, -0.25) is 10.7 Å². The average Bonchev–Trinajstić information content (AvgIpc) is 2.31. The molecule has 0 amide bonds. The summed E-state index contributed by atoms with van der Waals surface area (Å²) < 4.78 is 0. The predicted octanol–water partition coefficient (Wildman–Crippen LogP) is 1.24. The van der Waals surface area contributed by atoms with Crippen molar-refractivity contribution in [1.29, 1.82) is 0 Å². The number of hydrogen-bond donors (Lipinski definition) is 2. The van der Waals surface area contributed by atoms with E-state index < -0.39 is 0 Å². The number of nitrogens with zero attached hydrogens (tertiary/aromatic N) is 1. The van der Waals surface area contributed by atoms with E-state index in [1.165, 1.54) is 5.56 Å². The van der Waals surface area contributed by atoms with E-state index in [0.717, 1.165) is 31.8 Å². The number of rotatable bonds is 3. The smallest absolute Gasteiger partial charge is 0.0245 e. The van der Waals surface area contributed by atoms with Crippen molar-refractivity contribution in [3.63, 3.8) is 0 Å². The van der Waals surface area contributed by atoms with E-state index in [4.69, 9.17) is 5.84 Å². The summed E-state index contributed by atoms with van der Waals surface area (Å²) >= 11 is 0. The Morgan fingerprint density at radius 1 is 1.27 bits per heavy atom. The molecule has 0 spiro atoms. The molecule has 15 heavy (non-hydrogen) atoms. The molecule has 0 fully saturated rings. The van der Waals surface area contributed by atoms with Crippen molar-refractivity contribution in [2.45, 2.75) is 13.0 Å². The standard InChI is InChI=1S/C12H17N3/c13-14-12-6-8-15(9-7-12)10-11-4-2-1-3-5-11/h1-6,14H,7-10,13H2. The van der Waals surface area contributed by atoms with Gasteiger partial charge in [0.1, 0.15) is 0 Å². The van der Waals surface area contributed by atoms with Crippen LogP contribution >= 0.6 is 0 Å². The molecule has 3 N–H and O–H groups in total. The third kappa shape index (κ3) is 2.81. The lowest BCUT2D eigenvalue weighted by Gasteiger charge is -2.25. The second kappa shape index (κ2) is 4.96. The highest BCUT2D eigenvalue weighted by molar-refractivity contribution is 5.15. The van der Waals surface area contributed by atoms with Crippen LogP contribution in [0.1, 0.15) is 12.0 Å². The van der Waals surface area contributed by atoms with E-state index in [1.54, 1.807) is 0 Å². The largest absolute Gasteiger partial charge is 0.328 e. The number of benzene rings is 1. The van der Waals surface area contributed by atoms with Crippen molar-refractivity contribution < 1.29 is 0 Å². The lowest BCUT2D eigenvalue weighted by atomic mass is 10.1. The van der Waals surface area contributed by atoms with Crippen LogP contribution in [0.5, 0.6) is 0 Å². The molecule has 2 rings (SSSR count). The fourth-order valence-corrected chi connectivity index (χ4v) is 1.83. The minimum atomic E-state index is 0.981. The van der Waals surface area contributed by atoms with Gasteiger partial charge < -0.3 is 5.43 Å². The molecule has 0 bridgehead atoms. The molecular weight excluding hydrogens is 186 g/mol. The fourth-order valence-electron chi connectivity index (χ4n) is 1.83. The zero-order valence-corrected chi connectivity index (χ0v) is 8.82. The molecule has 80 valence electrons. The highest BCUT2D eigenvalue weighted by Gasteiger charge is 2.10. The monoisotopic (exact) mass is 203 g/mol. The van der Waals surface area contributed by atoms with Gasteiger partial charge in [-0.1, -0.05) is 36.4 Å². The lowest BCUT2D eigenvalue weighted by molar-refractivity contribution is 0.282. The van der Waals surface area contributed by atoms with E-state index in [2.05, 4.69) is 46.7 Å². The summed E-state index contributed by atoms with van der Waals surface area (Å²) in [6.07, 6.45) is 3.18. The number of hydrazine groups is 1. The Morgan fingerprint density at radius 3 is 2.67 bits per heavy atom. The molecule has 1 heterocycles. The van der Waals surface area contributed by atoms with Crippen LogP contribution in [0.25, 0.3) is 0 Å². The molecule has 0 aromatic heterocycles. The molecule has 0 unspecified atom stereocenters. The Morgan fingerprint density at radius 2 is 2.07 bits per heavy atom. The first-order chi connectivity index (χ1) is 7.38. The molecule has 0 saturated carbocycles. The quantitative estimate of drug-likeness (QED) is 0.573. The molecule has 1 aliphatic rings. The number of nitrogens with one attached hydrogen (secondary N) is 1. The van der Waals surface area contributed by atoms with Crippen LogP contribution in [-0.4, -0.2) is 18.0 Å². The third-order valence-electron chi connectivity index (χ3n) is 2.73. The van der Waals surface area contributed by atoms with E-state index in [1.807, 2.05) is 0 Å². The first-order valence-corrected chi connectivity index (χ1v) is 5.30. The fraction of sp³-hybridized carbons (Fsp3) is 0.333. The van der Waals surface area contributed by atoms with Crippen molar-refractivity contribution in [3.8, 4) is 0 Å². The summed E-state index contributed by atoms with van der Waals surface area (Å²) in [5, 5.41) is 0. The Kier molecular flexibility index (Phi) is 3.37. The normalized spacial score (nSPS) is 17.3. The molecule has 3 nitrogen and oxygen atoms in total. The third-order valence-corrected chi connectivity index (χ3v) is 2.73. The molecule has 1 aromatic rings. The zero-order valence-electron chi connectivity index (χ0n) is 8.82. The SMILES string of the molecule is NNC1=CCN(Cc2ccccc2)CC1. The van der Waals surface area contributed by atoms with E-state index in [0.29, 0.717) is 0 Å². The van der Waals surface area contributed by atoms with Gasteiger partial charge in [0, 0.05) is 31.8 Å². The highest BCUT2D eigenvalue weighted by atomic mass is 15.2. The first-order valence-electron chi connectivity index (χ1n) is 5.30. The van der Waals surface area contributed by atoms with Crippen LogP contribution in [0.4, 0.5) is 0 Å². The van der Waals surface area contributed by atoms with Gasteiger partial charge >= 0.3 is 0 Å². The van der Waals surface area contributed by atoms with Crippen LogP contribution in [-0.2, 0) is 6.54 Å². The van der Waals surface area contributed by atoms with Crippen LogP contribution < -0.4 is 11.3 Å². The van der Waals surface area contributed by atoms with Gasteiger partial charge in [0.25, 0.3) is 0 Å². The summed E-state index contributed by atoms with van der Waals surface area (Å²) in [5.74, 6) is 5.36. The molecule has 0 radical (unpaired) electrons. The van der Waals surface area contributed by atoms with Gasteiger partial charge in [0.05, 0.1) is 0 Å². The maximum atomic E-state index is 5.36. The van der Waals surface area contributed by atoms with Crippen molar-refractivity contribution in [1.82, 2.24) is 10.3 Å². The number of nitrogens with two attached hydrogens (primary N) is 1. The lowest BCUT2D eigenvalue weighted by Crippen LogP contribution is -2.33. The highest BCUT2D eigenvalue weighted by Crippen LogP contribution is 2.11. The Labute approximate surface area is 90.5 Å². The van der Waals surface area contributed by atoms with Crippen LogP contribution in [0.3, 0.4) is 0 Å². The van der Waals surface area contributed by atoms with Crippen LogP contribution in [0.2, 0.25) is 0 Å². The van der Waals surface area contributed by atoms with Crippen molar-refractivity contribution in [2.24, 2.45) is 5.84 Å². The molecule has 0 saturated heterocycles. The maximum absolute atomic E-state index is 5.36. The minimum absolute atomic E-state index is 0.981. The molecule has 1 aliphatic heterocycles. The van der Waals surface area contributed by atoms with Gasteiger partial charge in [-0.15, -0.1) is 0 Å².